The maximum atomic E-state index is 14.4. The van der Waals surface area contributed by atoms with Gasteiger partial charge in [0.2, 0.25) is 5.91 Å². The zero-order chi connectivity index (χ0) is 31.7. The molecule has 43 heavy (non-hydrogen) atoms. The first-order valence-corrected chi connectivity index (χ1v) is 12.8. The van der Waals surface area contributed by atoms with E-state index in [9.17, 15) is 53.1 Å². The van der Waals surface area contributed by atoms with Crippen LogP contribution in [0.15, 0.2) is 18.2 Å². The molecule has 2 aliphatic heterocycles. The van der Waals surface area contributed by atoms with Crippen molar-refractivity contribution < 1.29 is 57.8 Å². The Morgan fingerprint density at radius 2 is 1.84 bits per heavy atom. The topological polar surface area (TPSA) is 232 Å². The number of hydrogen-bond acceptors (Lipinski definition) is 10. The lowest BCUT2D eigenvalue weighted by Crippen LogP contribution is -2.60. The van der Waals surface area contributed by atoms with Gasteiger partial charge < -0.3 is 46.3 Å². The molecule has 0 aromatic heterocycles. The van der Waals surface area contributed by atoms with Crippen LogP contribution in [0.4, 0.5) is 13.6 Å². The molecule has 0 spiro atoms. The van der Waals surface area contributed by atoms with Crippen molar-refractivity contribution in [2.45, 2.75) is 18.4 Å². The predicted molar refractivity (Wildman–Crippen MR) is 141 cm³/mol. The first-order chi connectivity index (χ1) is 20.3. The van der Waals surface area contributed by atoms with Crippen LogP contribution in [0, 0.1) is 11.6 Å². The number of benzene rings is 2. The van der Waals surface area contributed by atoms with E-state index in [2.05, 4.69) is 10.6 Å². The number of fused-ring (bicyclic) bond motifs is 1. The predicted octanol–water partition coefficient (Wildman–Crippen LogP) is -0.753. The number of carbonyl (C=O) groups is 5. The second-order valence-electron chi connectivity index (χ2n) is 9.42. The monoisotopic (exact) mass is 625 g/mol. The Hall–Kier alpha value is -4.68. The number of carboxylic acids is 1. The number of carboxylic acid groups (broad SMARTS) is 1. The van der Waals surface area contributed by atoms with Gasteiger partial charge in [-0.1, -0.05) is 17.7 Å². The van der Waals surface area contributed by atoms with Crippen LogP contribution in [0.25, 0.3) is 0 Å². The van der Waals surface area contributed by atoms with Gasteiger partial charge in [0.25, 0.3) is 0 Å². The highest BCUT2D eigenvalue weighted by Gasteiger charge is 2.42. The number of phenols is 2. The van der Waals surface area contributed by atoms with Gasteiger partial charge in [-0.25, -0.2) is 18.4 Å². The third kappa shape index (κ3) is 5.97. The molecule has 0 radical (unpaired) electrons. The number of urea groups is 1. The molecule has 2 aromatic carbocycles. The summed E-state index contributed by atoms with van der Waals surface area (Å²) < 4.78 is 33.7. The van der Waals surface area contributed by atoms with E-state index in [1.807, 2.05) is 0 Å². The number of carbonyl (C=O) groups excluding carboxylic acids is 4. The van der Waals surface area contributed by atoms with E-state index >= 15 is 0 Å². The zero-order valence-corrected chi connectivity index (χ0v) is 22.6. The van der Waals surface area contributed by atoms with Crippen molar-refractivity contribution in [2.24, 2.45) is 5.73 Å². The number of aromatic carboxylic acids is 1. The van der Waals surface area contributed by atoms with Crippen molar-refractivity contribution in [2.75, 3.05) is 26.2 Å². The molecular formula is C24H23BClF2N5O10. The highest BCUT2D eigenvalue weighted by molar-refractivity contribution is 6.47. The summed E-state index contributed by atoms with van der Waals surface area (Å²) in [4.78, 5) is 64.7. The first kappa shape index (κ1) is 31.3. The molecule has 2 aromatic rings. The number of aromatic hydroxyl groups is 2. The molecule has 228 valence electrons. The maximum absolute atomic E-state index is 14.4. The standard InChI is InChI=1S/C24H23BClF2N5O10/c26-15-10(8-12(28)17(34)18(15)35)16(31-24(41)33-6-5-32(4-3-29)21(37)22(33)38)20(36)30-13-7-9-1-2-11(27)14(23(39)40)19(9)43-25(13)42/h1-2,8,13,16,34-35,42H,3-7,29H2,(H,30,36)(H,31,41)(H,39,40)/t13-,16+/m0/s1. The van der Waals surface area contributed by atoms with E-state index in [-0.39, 0.29) is 38.2 Å². The maximum Gasteiger partial charge on any atom is 0.547 e. The number of amides is 5. The Kier molecular flexibility index (Phi) is 8.93. The van der Waals surface area contributed by atoms with Gasteiger partial charge in [-0.3, -0.25) is 19.3 Å². The summed E-state index contributed by atoms with van der Waals surface area (Å²) in [5, 5.41) is 43.3. The molecule has 0 aliphatic carbocycles. The fourth-order valence-electron chi connectivity index (χ4n) is 4.58. The number of hydrogen-bond donors (Lipinski definition) is 7. The molecule has 1 fully saturated rings. The summed E-state index contributed by atoms with van der Waals surface area (Å²) in [7, 11) is -1.94. The van der Waals surface area contributed by atoms with Crippen LogP contribution in [-0.4, -0.2) is 99.1 Å². The van der Waals surface area contributed by atoms with E-state index in [1.165, 1.54) is 6.07 Å². The van der Waals surface area contributed by atoms with Gasteiger partial charge in [0.15, 0.2) is 17.3 Å². The van der Waals surface area contributed by atoms with Gasteiger partial charge in [-0.2, -0.15) is 0 Å². The SMILES string of the molecule is NCCN1CCN(C(=O)N[C@@H](C(=O)N[C@H]2Cc3ccc(F)c(C(=O)O)c3OB2O)c2cc(F)c(O)c(O)c2Cl)C(=O)C1=O. The number of piperazine rings is 1. The largest absolute Gasteiger partial charge is 0.547 e. The van der Waals surface area contributed by atoms with Crippen molar-refractivity contribution in [3.63, 3.8) is 0 Å². The number of nitrogens with zero attached hydrogens (tertiary/aromatic N) is 2. The number of nitrogens with two attached hydrogens (primary N) is 1. The third-order valence-corrected chi connectivity index (χ3v) is 7.14. The lowest BCUT2D eigenvalue weighted by molar-refractivity contribution is -0.153. The zero-order valence-electron chi connectivity index (χ0n) is 21.8. The number of imide groups is 1. The van der Waals surface area contributed by atoms with Gasteiger partial charge in [0.05, 0.1) is 11.0 Å². The molecule has 0 bridgehead atoms. The van der Waals surface area contributed by atoms with Gasteiger partial charge in [-0.15, -0.1) is 0 Å². The van der Waals surface area contributed by atoms with Crippen molar-refractivity contribution in [3.8, 4) is 17.2 Å². The van der Waals surface area contributed by atoms with Crippen LogP contribution in [0.5, 0.6) is 17.2 Å². The Labute approximate surface area is 245 Å². The summed E-state index contributed by atoms with van der Waals surface area (Å²) >= 11 is 6.06. The molecule has 1 saturated heterocycles. The summed E-state index contributed by atoms with van der Waals surface area (Å²) in [5.74, 6) is -12.0. The Balaban J connectivity index is 1.64. The lowest BCUT2D eigenvalue weighted by atomic mass is 9.72. The summed E-state index contributed by atoms with van der Waals surface area (Å²) in [6, 6.07) is -0.763. The van der Waals surface area contributed by atoms with E-state index in [0.717, 1.165) is 11.0 Å². The van der Waals surface area contributed by atoms with E-state index in [4.69, 9.17) is 22.0 Å². The Bertz CT molecular complexity index is 1530. The highest BCUT2D eigenvalue weighted by atomic mass is 35.5. The number of rotatable bonds is 7. The molecule has 4 rings (SSSR count). The van der Waals surface area contributed by atoms with Crippen LogP contribution < -0.4 is 21.0 Å². The van der Waals surface area contributed by atoms with Crippen molar-refractivity contribution in [3.05, 3.63) is 51.5 Å². The van der Waals surface area contributed by atoms with Crippen LogP contribution >= 0.6 is 11.6 Å². The summed E-state index contributed by atoms with van der Waals surface area (Å²) in [5.41, 5.74) is 4.06. The molecule has 5 amide bonds. The van der Waals surface area contributed by atoms with E-state index < -0.39 is 93.9 Å². The molecule has 2 heterocycles. The van der Waals surface area contributed by atoms with Crippen molar-refractivity contribution in [1.82, 2.24) is 20.4 Å². The third-order valence-electron chi connectivity index (χ3n) is 6.74. The quantitative estimate of drug-likeness (QED) is 0.115. The Morgan fingerprint density at radius 1 is 1.14 bits per heavy atom. The molecule has 19 heteroatoms. The molecule has 15 nitrogen and oxygen atoms in total. The number of halogens is 3. The minimum atomic E-state index is -2.01. The molecular weight excluding hydrogens is 603 g/mol. The number of nitrogens with one attached hydrogen (secondary N) is 2. The van der Waals surface area contributed by atoms with E-state index in [0.29, 0.717) is 11.0 Å². The molecule has 8 N–H and O–H groups in total. The summed E-state index contributed by atoms with van der Waals surface area (Å²) in [6.45, 7) is -0.286. The molecule has 2 atom stereocenters. The minimum absolute atomic E-state index is 0.0439. The van der Waals surface area contributed by atoms with E-state index in [1.54, 1.807) is 0 Å². The smallest absolute Gasteiger partial charge is 0.534 e. The lowest BCUT2D eigenvalue weighted by Gasteiger charge is -2.34. The van der Waals surface area contributed by atoms with Gasteiger partial charge in [0, 0.05) is 31.7 Å². The normalized spacial score (nSPS) is 17.2. The molecule has 0 unspecified atom stereocenters. The second-order valence-corrected chi connectivity index (χ2v) is 9.80. The van der Waals surface area contributed by atoms with Crippen molar-refractivity contribution in [1.29, 1.82) is 0 Å². The minimum Gasteiger partial charge on any atom is -0.534 e. The summed E-state index contributed by atoms with van der Waals surface area (Å²) in [6.07, 6.45) is -0.303. The van der Waals surface area contributed by atoms with Crippen molar-refractivity contribution >= 4 is 48.4 Å². The van der Waals surface area contributed by atoms with Crippen LogP contribution in [0.1, 0.15) is 27.5 Å². The average Bonchev–Trinajstić information content (AvgIpc) is 2.95. The fraction of sp³-hybridized carbons (Fsp3) is 0.292. The number of phenolic OH excluding ortho intramolecular Hbond substituents is 2. The van der Waals surface area contributed by atoms with Crippen LogP contribution in [-0.2, 0) is 20.8 Å². The average molecular weight is 626 g/mol. The second kappa shape index (κ2) is 12.3. The highest BCUT2D eigenvalue weighted by Crippen LogP contribution is 2.40. The Morgan fingerprint density at radius 3 is 2.49 bits per heavy atom. The van der Waals surface area contributed by atoms with Crippen LogP contribution in [0.3, 0.4) is 0 Å². The van der Waals surface area contributed by atoms with Gasteiger partial charge >= 0.3 is 30.9 Å². The fourth-order valence-corrected chi connectivity index (χ4v) is 4.83. The molecule has 2 aliphatic rings. The van der Waals surface area contributed by atoms with Gasteiger partial charge in [-0.05, 0) is 24.1 Å². The van der Waals surface area contributed by atoms with Crippen LogP contribution in [0.2, 0.25) is 5.02 Å². The first-order valence-electron chi connectivity index (χ1n) is 12.5. The molecule has 0 saturated carbocycles. The van der Waals surface area contributed by atoms with Gasteiger partial charge in [0.1, 0.15) is 23.2 Å².